The molecule has 0 aromatic rings. The van der Waals surface area contributed by atoms with Gasteiger partial charge in [0.2, 0.25) is 8.32 Å². The van der Waals surface area contributed by atoms with Crippen molar-refractivity contribution in [3.8, 4) is 0 Å². The zero-order valence-corrected chi connectivity index (χ0v) is 19.0. The first kappa shape index (κ1) is 23.4. The normalized spacial score (nSPS) is 24.5. The van der Waals surface area contributed by atoms with Crippen LogP contribution in [0.5, 0.6) is 0 Å². The van der Waals surface area contributed by atoms with Crippen LogP contribution in [0.4, 0.5) is 0 Å². The molecule has 0 radical (unpaired) electrons. The lowest BCUT2D eigenvalue weighted by atomic mass is 10.0. The lowest BCUT2D eigenvalue weighted by Gasteiger charge is -2.45. The molecule has 0 amide bonds. The summed E-state index contributed by atoms with van der Waals surface area (Å²) >= 11 is 0. The molecule has 1 rings (SSSR count). The average molecular weight is 385 g/mol. The van der Waals surface area contributed by atoms with Crippen LogP contribution in [0.1, 0.15) is 93.4 Å². The van der Waals surface area contributed by atoms with E-state index in [9.17, 15) is 9.59 Å². The third-order valence-corrected chi connectivity index (χ3v) is 12.0. The van der Waals surface area contributed by atoms with Gasteiger partial charge in [-0.25, -0.2) is 0 Å². The van der Waals surface area contributed by atoms with E-state index in [1.165, 1.54) is 0 Å². The van der Waals surface area contributed by atoms with Gasteiger partial charge in [0, 0.05) is 25.4 Å². The van der Waals surface area contributed by atoms with E-state index in [-0.39, 0.29) is 30.4 Å². The lowest BCUT2D eigenvalue weighted by molar-refractivity contribution is -0.150. The molecule has 4 nitrogen and oxygen atoms in total. The Kier molecular flexibility index (Phi) is 9.52. The number of hydrogen-bond donors (Lipinski definition) is 0. The predicted octanol–water partition coefficient (Wildman–Crippen LogP) is 5.79. The minimum Gasteiger partial charge on any atom is -0.463 e. The smallest absolute Gasteiger partial charge is 0.306 e. The highest BCUT2D eigenvalue weighted by Gasteiger charge is 2.46. The Hall–Kier alpha value is -0.683. The Morgan fingerprint density at radius 1 is 0.923 bits per heavy atom. The van der Waals surface area contributed by atoms with Crippen molar-refractivity contribution >= 4 is 20.1 Å². The summed E-state index contributed by atoms with van der Waals surface area (Å²) in [6, 6.07) is 0. The van der Waals surface area contributed by atoms with Crippen LogP contribution in [0.2, 0.25) is 16.6 Å². The van der Waals surface area contributed by atoms with Gasteiger partial charge in [0.1, 0.15) is 11.9 Å². The van der Waals surface area contributed by atoms with Crippen molar-refractivity contribution in [3.63, 3.8) is 0 Å². The molecule has 2 atom stereocenters. The second-order valence-corrected chi connectivity index (χ2v) is 14.3. The van der Waals surface area contributed by atoms with E-state index in [4.69, 9.17) is 9.16 Å². The van der Waals surface area contributed by atoms with E-state index in [1.807, 2.05) is 6.92 Å². The molecule has 1 aliphatic rings. The van der Waals surface area contributed by atoms with Gasteiger partial charge >= 0.3 is 5.97 Å². The molecular weight excluding hydrogens is 344 g/mol. The minimum absolute atomic E-state index is 0.103. The Morgan fingerprint density at radius 3 is 2.04 bits per heavy atom. The summed E-state index contributed by atoms with van der Waals surface area (Å²) in [7, 11) is -1.97. The van der Waals surface area contributed by atoms with E-state index >= 15 is 0 Å². The van der Waals surface area contributed by atoms with Crippen molar-refractivity contribution in [2.75, 3.05) is 0 Å². The van der Waals surface area contributed by atoms with Gasteiger partial charge in [-0.05, 0) is 36.4 Å². The monoisotopic (exact) mass is 384 g/mol. The number of ether oxygens (including phenoxy) is 1. The van der Waals surface area contributed by atoms with Gasteiger partial charge in [-0.15, -0.1) is 0 Å². The number of Topliss-reactive ketones (excluding diaryl/α,β-unsaturated/α-hetero) is 1. The number of ketones is 1. The van der Waals surface area contributed by atoms with Crippen LogP contribution in [0.15, 0.2) is 0 Å². The molecule has 0 bridgehead atoms. The van der Waals surface area contributed by atoms with Crippen molar-refractivity contribution in [1.82, 2.24) is 0 Å². The first-order valence-corrected chi connectivity index (χ1v) is 12.6. The fourth-order valence-corrected chi connectivity index (χ4v) is 10.3. The Morgan fingerprint density at radius 2 is 1.50 bits per heavy atom. The summed E-state index contributed by atoms with van der Waals surface area (Å²) in [5.74, 6) is -0.0897. The maximum Gasteiger partial charge on any atom is 0.306 e. The van der Waals surface area contributed by atoms with Crippen LogP contribution in [-0.4, -0.2) is 32.3 Å². The molecule has 1 heterocycles. The number of carbonyl (C=O) groups is 2. The summed E-state index contributed by atoms with van der Waals surface area (Å²) in [6.45, 7) is 15.7. The highest BCUT2D eigenvalue weighted by Crippen LogP contribution is 2.44. The molecule has 1 aliphatic heterocycles. The summed E-state index contributed by atoms with van der Waals surface area (Å²) < 4.78 is 12.5. The maximum atomic E-state index is 12.0. The Balaban J connectivity index is 2.96. The van der Waals surface area contributed by atoms with Gasteiger partial charge < -0.3 is 9.16 Å². The molecule has 1 fully saturated rings. The number of hydrogen-bond acceptors (Lipinski definition) is 4. The van der Waals surface area contributed by atoms with Gasteiger partial charge in [-0.2, -0.15) is 0 Å². The lowest BCUT2D eigenvalue weighted by Crippen LogP contribution is -2.50. The molecule has 0 spiro atoms. The van der Waals surface area contributed by atoms with Crippen LogP contribution < -0.4 is 0 Å². The summed E-state index contributed by atoms with van der Waals surface area (Å²) in [6.07, 6.45) is 4.60. The van der Waals surface area contributed by atoms with E-state index in [2.05, 4.69) is 41.5 Å². The van der Waals surface area contributed by atoms with Gasteiger partial charge in [0.15, 0.2) is 0 Å². The van der Waals surface area contributed by atoms with Crippen molar-refractivity contribution < 1.29 is 18.8 Å². The highest BCUT2D eigenvalue weighted by atomic mass is 28.4. The van der Waals surface area contributed by atoms with E-state index < -0.39 is 8.32 Å². The molecule has 152 valence electrons. The second-order valence-electron chi connectivity index (χ2n) is 8.88. The summed E-state index contributed by atoms with van der Waals surface area (Å²) in [4.78, 5) is 23.8. The zero-order valence-electron chi connectivity index (χ0n) is 18.0. The topological polar surface area (TPSA) is 52.6 Å². The molecule has 1 saturated heterocycles. The third kappa shape index (κ3) is 6.49. The van der Waals surface area contributed by atoms with Crippen molar-refractivity contribution in [2.24, 2.45) is 0 Å². The molecule has 1 unspecified atom stereocenters. The number of rotatable bonds is 5. The van der Waals surface area contributed by atoms with E-state index in [0.717, 1.165) is 25.7 Å². The average Bonchev–Trinajstić information content (AvgIpc) is 2.51. The van der Waals surface area contributed by atoms with Crippen LogP contribution in [0.25, 0.3) is 0 Å². The fourth-order valence-electron chi connectivity index (χ4n) is 4.68. The first-order valence-electron chi connectivity index (χ1n) is 10.5. The maximum absolute atomic E-state index is 12.0. The summed E-state index contributed by atoms with van der Waals surface area (Å²) in [5, 5.41) is 0. The molecule has 0 aromatic heterocycles. The third-order valence-electron chi connectivity index (χ3n) is 5.85. The molecule has 26 heavy (non-hydrogen) atoms. The van der Waals surface area contributed by atoms with E-state index in [1.54, 1.807) is 0 Å². The van der Waals surface area contributed by atoms with Gasteiger partial charge in [-0.1, -0.05) is 48.0 Å². The predicted molar refractivity (Wildman–Crippen MR) is 109 cm³/mol. The van der Waals surface area contributed by atoms with Gasteiger partial charge in [0.25, 0.3) is 0 Å². The van der Waals surface area contributed by atoms with Crippen LogP contribution in [-0.2, 0) is 18.8 Å². The standard InChI is InChI=1S/C21H40O4Si/c1-15(2)26(16(3)4,17(5)6)25-20-11-9-8-10-19(22)12-13-21(23)24-18(7)14-20/h15-18,20H,8-14H2,1-7H3/t18-,20?/m0/s1. The van der Waals surface area contributed by atoms with Gasteiger partial charge in [0.05, 0.1) is 6.42 Å². The molecule has 0 aliphatic carbocycles. The number of cyclic esters (lactones) is 1. The fraction of sp³-hybridized carbons (Fsp3) is 0.905. The van der Waals surface area contributed by atoms with Crippen molar-refractivity contribution in [2.45, 2.75) is 122 Å². The molecule has 0 saturated carbocycles. The van der Waals surface area contributed by atoms with Crippen molar-refractivity contribution in [3.05, 3.63) is 0 Å². The SMILES string of the molecule is CC(C)[Si](OC1CCCCC(=O)CCC(=O)O[C@@H](C)C1)(C(C)C)C(C)C. The largest absolute Gasteiger partial charge is 0.463 e. The quantitative estimate of drug-likeness (QED) is 0.444. The zero-order chi connectivity index (χ0) is 19.9. The minimum atomic E-state index is -1.97. The Bertz CT molecular complexity index is 437. The van der Waals surface area contributed by atoms with Crippen molar-refractivity contribution in [1.29, 1.82) is 0 Å². The molecule has 0 aromatic carbocycles. The van der Waals surface area contributed by atoms with E-state index in [0.29, 0.717) is 29.5 Å². The highest BCUT2D eigenvalue weighted by molar-refractivity contribution is 6.77. The summed E-state index contributed by atoms with van der Waals surface area (Å²) in [5.41, 5.74) is 1.59. The molecule has 0 N–H and O–H groups in total. The molecule has 5 heteroatoms. The second kappa shape index (κ2) is 10.6. The van der Waals surface area contributed by atoms with Crippen LogP contribution in [0.3, 0.4) is 0 Å². The number of esters is 1. The van der Waals surface area contributed by atoms with Crippen LogP contribution in [0, 0.1) is 0 Å². The Labute approximate surface area is 161 Å². The van der Waals surface area contributed by atoms with Crippen LogP contribution >= 0.6 is 0 Å². The van der Waals surface area contributed by atoms with Gasteiger partial charge in [-0.3, -0.25) is 9.59 Å². The molecular formula is C21H40O4Si. The first-order chi connectivity index (χ1) is 12.1. The number of carbonyl (C=O) groups excluding carboxylic acids is 2.